The van der Waals surface area contributed by atoms with E-state index < -0.39 is 23.2 Å². The highest BCUT2D eigenvalue weighted by Gasteiger charge is 2.34. The Hall–Kier alpha value is -2.03. The monoisotopic (exact) mass is 214 g/mol. The highest BCUT2D eigenvalue weighted by molar-refractivity contribution is 5.93. The second kappa shape index (κ2) is 3.61. The number of primary amides is 1. The van der Waals surface area contributed by atoms with Gasteiger partial charge in [0.25, 0.3) is 0 Å². The van der Waals surface area contributed by atoms with Crippen LogP contribution in [-0.4, -0.2) is 5.91 Å². The number of amides is 1. The fraction of sp³-hybridized carbons (Fsp3) is 0.111. The summed E-state index contributed by atoms with van der Waals surface area (Å²) in [5.41, 5.74) is 2.87. The molecule has 0 atom stereocenters. The second-order valence-electron chi connectivity index (χ2n) is 2.73. The van der Waals surface area contributed by atoms with Crippen molar-refractivity contribution >= 4 is 5.91 Å². The number of nitriles is 1. The van der Waals surface area contributed by atoms with Gasteiger partial charge in [0.1, 0.15) is 0 Å². The number of halogens is 3. The van der Waals surface area contributed by atoms with E-state index in [1.54, 1.807) is 0 Å². The molecular formula is C9H5F3N2O. The van der Waals surface area contributed by atoms with Crippen molar-refractivity contribution in [3.63, 3.8) is 0 Å². The van der Waals surface area contributed by atoms with Crippen LogP contribution in [0.15, 0.2) is 18.2 Å². The number of rotatable bonds is 1. The molecule has 0 aliphatic rings. The zero-order chi connectivity index (χ0) is 11.6. The predicted molar refractivity (Wildman–Crippen MR) is 44.7 cm³/mol. The summed E-state index contributed by atoms with van der Waals surface area (Å²) < 4.78 is 37.1. The van der Waals surface area contributed by atoms with Gasteiger partial charge in [0.2, 0.25) is 5.91 Å². The quantitative estimate of drug-likeness (QED) is 0.772. The van der Waals surface area contributed by atoms with Gasteiger partial charge in [0, 0.05) is 5.56 Å². The third kappa shape index (κ3) is 2.26. The molecule has 1 aromatic carbocycles. The molecular weight excluding hydrogens is 209 g/mol. The Morgan fingerprint density at radius 1 is 1.40 bits per heavy atom. The van der Waals surface area contributed by atoms with Crippen molar-refractivity contribution in [2.75, 3.05) is 0 Å². The standard InChI is InChI=1S/C9H5F3N2O/c10-9(11,12)7-3-5(8(14)15)1-2-6(7)4-13/h1-3H,(H2,14,15). The van der Waals surface area contributed by atoms with Crippen molar-refractivity contribution in [3.05, 3.63) is 34.9 Å². The number of nitrogens with two attached hydrogens (primary N) is 1. The number of hydrogen-bond acceptors (Lipinski definition) is 2. The highest BCUT2D eigenvalue weighted by atomic mass is 19.4. The van der Waals surface area contributed by atoms with E-state index in [0.717, 1.165) is 12.1 Å². The summed E-state index contributed by atoms with van der Waals surface area (Å²) in [4.78, 5) is 10.7. The van der Waals surface area contributed by atoms with Crippen molar-refractivity contribution in [3.8, 4) is 6.07 Å². The van der Waals surface area contributed by atoms with E-state index in [-0.39, 0.29) is 5.56 Å². The van der Waals surface area contributed by atoms with Gasteiger partial charge in [0.15, 0.2) is 0 Å². The molecule has 0 unspecified atom stereocenters. The van der Waals surface area contributed by atoms with Gasteiger partial charge >= 0.3 is 6.18 Å². The van der Waals surface area contributed by atoms with Crippen molar-refractivity contribution in [2.45, 2.75) is 6.18 Å². The van der Waals surface area contributed by atoms with Gasteiger partial charge in [-0.25, -0.2) is 0 Å². The average molecular weight is 214 g/mol. The van der Waals surface area contributed by atoms with Crippen LogP contribution >= 0.6 is 0 Å². The van der Waals surface area contributed by atoms with Crippen LogP contribution in [0.5, 0.6) is 0 Å². The third-order valence-corrected chi connectivity index (χ3v) is 1.73. The maximum Gasteiger partial charge on any atom is 0.417 e. The van der Waals surface area contributed by atoms with E-state index in [1.807, 2.05) is 0 Å². The molecule has 0 heterocycles. The summed E-state index contributed by atoms with van der Waals surface area (Å²) >= 11 is 0. The molecule has 0 radical (unpaired) electrons. The lowest BCUT2D eigenvalue weighted by atomic mass is 10.0. The fourth-order valence-electron chi connectivity index (χ4n) is 1.03. The highest BCUT2D eigenvalue weighted by Crippen LogP contribution is 2.32. The number of alkyl halides is 3. The first kappa shape index (κ1) is 11.0. The van der Waals surface area contributed by atoms with E-state index in [1.165, 1.54) is 6.07 Å². The Kier molecular flexibility index (Phi) is 2.66. The van der Waals surface area contributed by atoms with Crippen LogP contribution < -0.4 is 5.73 Å². The Morgan fingerprint density at radius 2 is 2.00 bits per heavy atom. The largest absolute Gasteiger partial charge is 0.417 e. The fourth-order valence-corrected chi connectivity index (χ4v) is 1.03. The van der Waals surface area contributed by atoms with Crippen LogP contribution in [0.3, 0.4) is 0 Å². The van der Waals surface area contributed by atoms with Crippen molar-refractivity contribution in [1.29, 1.82) is 5.26 Å². The van der Waals surface area contributed by atoms with Crippen LogP contribution in [0.25, 0.3) is 0 Å². The van der Waals surface area contributed by atoms with Crippen molar-refractivity contribution < 1.29 is 18.0 Å². The lowest BCUT2D eigenvalue weighted by Crippen LogP contribution is -2.14. The Labute approximate surface area is 82.9 Å². The topological polar surface area (TPSA) is 66.9 Å². The predicted octanol–water partition coefficient (Wildman–Crippen LogP) is 1.68. The number of benzene rings is 1. The number of hydrogen-bond donors (Lipinski definition) is 1. The van der Waals surface area contributed by atoms with Crippen LogP contribution in [0.1, 0.15) is 21.5 Å². The van der Waals surface area contributed by atoms with Gasteiger partial charge < -0.3 is 5.73 Å². The summed E-state index contributed by atoms with van der Waals surface area (Å²) in [5.74, 6) is -0.968. The SMILES string of the molecule is N#Cc1ccc(C(N)=O)cc1C(F)(F)F. The van der Waals surface area contributed by atoms with Crippen molar-refractivity contribution in [1.82, 2.24) is 0 Å². The third-order valence-electron chi connectivity index (χ3n) is 1.73. The molecule has 0 saturated heterocycles. The summed E-state index contributed by atoms with van der Waals surface area (Å²) in [6.07, 6.45) is -4.67. The molecule has 1 rings (SSSR count). The van der Waals surface area contributed by atoms with Crippen LogP contribution in [0.2, 0.25) is 0 Å². The lowest BCUT2D eigenvalue weighted by molar-refractivity contribution is -0.137. The second-order valence-corrected chi connectivity index (χ2v) is 2.73. The van der Waals surface area contributed by atoms with E-state index in [2.05, 4.69) is 0 Å². The van der Waals surface area contributed by atoms with Crippen LogP contribution in [0, 0.1) is 11.3 Å². The molecule has 1 amide bonds. The Morgan fingerprint density at radius 3 is 2.40 bits per heavy atom. The molecule has 3 nitrogen and oxygen atoms in total. The van der Waals surface area contributed by atoms with Gasteiger partial charge in [-0.1, -0.05) is 0 Å². The average Bonchev–Trinajstić information content (AvgIpc) is 2.15. The van der Waals surface area contributed by atoms with Gasteiger partial charge in [-0.2, -0.15) is 18.4 Å². The summed E-state index contributed by atoms with van der Waals surface area (Å²) in [6, 6.07) is 3.97. The minimum absolute atomic E-state index is 0.277. The normalized spacial score (nSPS) is 10.8. The summed E-state index contributed by atoms with van der Waals surface area (Å²) in [6.45, 7) is 0. The maximum atomic E-state index is 12.4. The molecule has 1 aromatic rings. The van der Waals surface area contributed by atoms with E-state index in [4.69, 9.17) is 11.0 Å². The zero-order valence-corrected chi connectivity index (χ0v) is 7.30. The molecule has 0 aromatic heterocycles. The summed E-state index contributed by atoms with van der Waals surface area (Å²) in [5, 5.41) is 8.45. The first-order valence-corrected chi connectivity index (χ1v) is 3.77. The maximum absolute atomic E-state index is 12.4. The van der Waals surface area contributed by atoms with Gasteiger partial charge in [-0.05, 0) is 18.2 Å². The molecule has 0 aliphatic heterocycles. The first-order chi connectivity index (χ1) is 6.86. The number of carbonyl (C=O) groups is 1. The smallest absolute Gasteiger partial charge is 0.366 e. The Balaban J connectivity index is 3.40. The van der Waals surface area contributed by atoms with E-state index in [9.17, 15) is 18.0 Å². The molecule has 6 heteroatoms. The molecule has 78 valence electrons. The molecule has 0 saturated carbocycles. The molecule has 15 heavy (non-hydrogen) atoms. The minimum atomic E-state index is -4.67. The van der Waals surface area contributed by atoms with Crippen LogP contribution in [-0.2, 0) is 6.18 Å². The number of nitrogens with zero attached hydrogens (tertiary/aromatic N) is 1. The first-order valence-electron chi connectivity index (χ1n) is 3.77. The molecule has 2 N–H and O–H groups in total. The van der Waals surface area contributed by atoms with Gasteiger partial charge in [-0.15, -0.1) is 0 Å². The number of carbonyl (C=O) groups excluding carboxylic acids is 1. The molecule has 0 fully saturated rings. The van der Waals surface area contributed by atoms with Crippen LogP contribution in [0.4, 0.5) is 13.2 Å². The summed E-state index contributed by atoms with van der Waals surface area (Å²) in [7, 11) is 0. The van der Waals surface area contributed by atoms with Gasteiger partial charge in [0.05, 0.1) is 17.2 Å². The zero-order valence-electron chi connectivity index (χ0n) is 7.30. The Bertz CT molecular complexity index is 446. The van der Waals surface area contributed by atoms with Gasteiger partial charge in [-0.3, -0.25) is 4.79 Å². The molecule has 0 spiro atoms. The van der Waals surface area contributed by atoms with E-state index >= 15 is 0 Å². The minimum Gasteiger partial charge on any atom is -0.366 e. The molecule has 0 aliphatic carbocycles. The van der Waals surface area contributed by atoms with Crippen molar-refractivity contribution in [2.24, 2.45) is 5.73 Å². The van der Waals surface area contributed by atoms with E-state index in [0.29, 0.717) is 6.07 Å². The molecule has 0 bridgehead atoms. The lowest BCUT2D eigenvalue weighted by Gasteiger charge is -2.09.